The molecule has 1 unspecified atom stereocenters. The zero-order valence-corrected chi connectivity index (χ0v) is 18.0. The van der Waals surface area contributed by atoms with E-state index in [9.17, 15) is 23.4 Å². The Morgan fingerprint density at radius 3 is 2.13 bits per heavy atom. The van der Waals surface area contributed by atoms with Crippen molar-refractivity contribution in [2.24, 2.45) is 0 Å². The SMILES string of the molecule is Cc1ccc(NC(=O)C[C@@H]2SC(=O)N(CC(=O)Nc3ccc(S(=O)O)cc3)C2=O)cc1. The number of thioether (sulfide) groups is 1. The molecule has 2 aromatic rings. The summed E-state index contributed by atoms with van der Waals surface area (Å²) in [6, 6.07) is 12.8. The van der Waals surface area contributed by atoms with Crippen LogP contribution in [0.5, 0.6) is 0 Å². The van der Waals surface area contributed by atoms with Gasteiger partial charge in [-0.25, -0.2) is 4.21 Å². The topological polar surface area (TPSA) is 133 Å². The zero-order valence-electron chi connectivity index (χ0n) is 16.4. The van der Waals surface area contributed by atoms with Crippen LogP contribution in [0.25, 0.3) is 0 Å². The van der Waals surface area contributed by atoms with Crippen LogP contribution in [0.2, 0.25) is 0 Å². The summed E-state index contributed by atoms with van der Waals surface area (Å²) in [7, 11) is 0. The van der Waals surface area contributed by atoms with E-state index in [1.165, 1.54) is 24.3 Å². The van der Waals surface area contributed by atoms with Crippen molar-refractivity contribution >= 4 is 57.2 Å². The van der Waals surface area contributed by atoms with E-state index in [-0.39, 0.29) is 11.3 Å². The van der Waals surface area contributed by atoms with E-state index in [0.29, 0.717) is 23.1 Å². The number of carbonyl (C=O) groups excluding carboxylic acids is 4. The quantitative estimate of drug-likeness (QED) is 0.540. The van der Waals surface area contributed by atoms with E-state index in [1.54, 1.807) is 12.1 Å². The minimum atomic E-state index is -2.13. The van der Waals surface area contributed by atoms with Gasteiger partial charge in [0.05, 0.1) is 4.90 Å². The standard InChI is InChI=1S/C20H19N3O6S2/c1-12-2-4-13(5-3-12)21-17(24)10-16-19(26)23(20(27)30-16)11-18(25)22-14-6-8-15(9-7-14)31(28)29/h2-9,16H,10-11H2,1H3,(H,21,24)(H,22,25)(H,28,29)/t16-/m0/s1. The van der Waals surface area contributed by atoms with E-state index in [0.717, 1.165) is 10.5 Å². The molecule has 31 heavy (non-hydrogen) atoms. The molecule has 0 spiro atoms. The molecule has 1 heterocycles. The maximum absolute atomic E-state index is 12.5. The number of hydrogen-bond donors (Lipinski definition) is 3. The van der Waals surface area contributed by atoms with Gasteiger partial charge in [0.15, 0.2) is 11.1 Å². The Hall–Kier alpha value is -3.02. The van der Waals surface area contributed by atoms with E-state index in [1.807, 2.05) is 19.1 Å². The smallest absolute Gasteiger partial charge is 0.289 e. The average molecular weight is 462 g/mol. The van der Waals surface area contributed by atoms with Gasteiger partial charge in [0.2, 0.25) is 17.7 Å². The van der Waals surface area contributed by atoms with Crippen molar-refractivity contribution in [3.63, 3.8) is 0 Å². The Labute approximate surface area is 184 Å². The molecule has 3 N–H and O–H groups in total. The average Bonchev–Trinajstić information content (AvgIpc) is 2.97. The lowest BCUT2D eigenvalue weighted by molar-refractivity contribution is -0.131. The van der Waals surface area contributed by atoms with Gasteiger partial charge in [-0.1, -0.05) is 29.5 Å². The van der Waals surface area contributed by atoms with Crippen molar-refractivity contribution in [1.82, 2.24) is 4.90 Å². The first-order valence-electron chi connectivity index (χ1n) is 9.12. The fourth-order valence-electron chi connectivity index (χ4n) is 2.79. The van der Waals surface area contributed by atoms with Gasteiger partial charge >= 0.3 is 0 Å². The van der Waals surface area contributed by atoms with Crippen molar-refractivity contribution in [2.45, 2.75) is 23.5 Å². The van der Waals surface area contributed by atoms with Gasteiger partial charge in [0.25, 0.3) is 5.24 Å². The van der Waals surface area contributed by atoms with Gasteiger partial charge in [-0.15, -0.1) is 0 Å². The molecule has 3 rings (SSSR count). The Balaban J connectivity index is 1.54. The molecule has 9 nitrogen and oxygen atoms in total. The highest BCUT2D eigenvalue weighted by Gasteiger charge is 2.41. The molecule has 0 bridgehead atoms. The monoisotopic (exact) mass is 461 g/mol. The maximum atomic E-state index is 12.5. The minimum Gasteiger partial charge on any atom is -0.326 e. The molecule has 0 aliphatic carbocycles. The third-order valence-corrected chi connectivity index (χ3v) is 6.10. The highest BCUT2D eigenvalue weighted by Crippen LogP contribution is 2.29. The van der Waals surface area contributed by atoms with Crippen LogP contribution in [0.15, 0.2) is 53.4 Å². The highest BCUT2D eigenvalue weighted by molar-refractivity contribution is 8.15. The summed E-state index contributed by atoms with van der Waals surface area (Å²) in [5.74, 6) is -1.62. The number of rotatable bonds is 7. The van der Waals surface area contributed by atoms with Crippen LogP contribution in [-0.4, -0.2) is 48.4 Å². The predicted molar refractivity (Wildman–Crippen MR) is 117 cm³/mol. The van der Waals surface area contributed by atoms with E-state index < -0.39 is 45.8 Å². The molecule has 11 heteroatoms. The van der Waals surface area contributed by atoms with Crippen molar-refractivity contribution in [3.8, 4) is 0 Å². The van der Waals surface area contributed by atoms with Gasteiger partial charge < -0.3 is 15.2 Å². The van der Waals surface area contributed by atoms with E-state index >= 15 is 0 Å². The molecule has 0 aromatic heterocycles. The first-order chi connectivity index (χ1) is 14.7. The van der Waals surface area contributed by atoms with Crippen LogP contribution in [0.4, 0.5) is 16.2 Å². The predicted octanol–water partition coefficient (Wildman–Crippen LogP) is 2.61. The fourth-order valence-corrected chi connectivity index (χ4v) is 4.14. The van der Waals surface area contributed by atoms with Crippen molar-refractivity contribution < 1.29 is 27.9 Å². The lowest BCUT2D eigenvalue weighted by atomic mass is 10.2. The summed E-state index contributed by atoms with van der Waals surface area (Å²) in [4.78, 5) is 50.1. The Bertz CT molecular complexity index is 1040. The molecule has 2 atom stereocenters. The van der Waals surface area contributed by atoms with Crippen LogP contribution in [0.3, 0.4) is 0 Å². The maximum Gasteiger partial charge on any atom is 0.289 e. The number of carbonyl (C=O) groups is 4. The summed E-state index contributed by atoms with van der Waals surface area (Å²) in [5, 5.41) is 3.70. The lowest BCUT2D eigenvalue weighted by Crippen LogP contribution is -2.38. The van der Waals surface area contributed by atoms with Crippen LogP contribution in [0.1, 0.15) is 12.0 Å². The Morgan fingerprint density at radius 2 is 1.55 bits per heavy atom. The summed E-state index contributed by atoms with van der Waals surface area (Å²) in [5.41, 5.74) is 1.97. The second kappa shape index (κ2) is 9.86. The van der Waals surface area contributed by atoms with Crippen molar-refractivity contribution in [3.05, 3.63) is 54.1 Å². The molecule has 1 aliphatic rings. The van der Waals surface area contributed by atoms with Gasteiger partial charge in [0.1, 0.15) is 11.8 Å². The van der Waals surface area contributed by atoms with Crippen molar-refractivity contribution in [2.75, 3.05) is 17.2 Å². The molecule has 2 aromatic carbocycles. The zero-order chi connectivity index (χ0) is 22.5. The fraction of sp³-hybridized carbons (Fsp3) is 0.200. The first kappa shape index (κ1) is 22.7. The molecular formula is C20H19N3O6S2. The molecule has 1 aliphatic heterocycles. The third kappa shape index (κ3) is 6.00. The molecule has 4 amide bonds. The normalized spacial score (nSPS) is 16.8. The van der Waals surface area contributed by atoms with Gasteiger partial charge in [-0.05, 0) is 43.3 Å². The second-order valence-corrected chi connectivity index (χ2v) is 8.86. The molecule has 1 saturated heterocycles. The number of nitrogens with one attached hydrogen (secondary N) is 2. The second-order valence-electron chi connectivity index (χ2n) is 6.74. The van der Waals surface area contributed by atoms with E-state index in [4.69, 9.17) is 4.55 Å². The Morgan fingerprint density at radius 1 is 1.00 bits per heavy atom. The number of anilines is 2. The van der Waals surface area contributed by atoms with E-state index in [2.05, 4.69) is 10.6 Å². The number of amides is 4. The number of nitrogens with zero attached hydrogens (tertiary/aromatic N) is 1. The van der Waals surface area contributed by atoms with Gasteiger partial charge in [-0.2, -0.15) is 0 Å². The van der Waals surface area contributed by atoms with Gasteiger partial charge in [-0.3, -0.25) is 24.1 Å². The minimum absolute atomic E-state index is 0.172. The summed E-state index contributed by atoms with van der Waals surface area (Å²) < 4.78 is 20.0. The molecular weight excluding hydrogens is 442 g/mol. The summed E-state index contributed by atoms with van der Waals surface area (Å²) in [6.07, 6.45) is -0.193. The largest absolute Gasteiger partial charge is 0.326 e. The Kier molecular flexibility index (Phi) is 7.21. The number of imide groups is 1. The molecule has 0 saturated carbocycles. The lowest BCUT2D eigenvalue weighted by Gasteiger charge is -2.14. The van der Waals surface area contributed by atoms with Crippen molar-refractivity contribution in [1.29, 1.82) is 0 Å². The molecule has 1 fully saturated rings. The van der Waals surface area contributed by atoms with Gasteiger partial charge in [0, 0.05) is 17.8 Å². The number of benzene rings is 2. The third-order valence-electron chi connectivity index (χ3n) is 4.35. The summed E-state index contributed by atoms with van der Waals surface area (Å²) >= 11 is -1.42. The highest BCUT2D eigenvalue weighted by atomic mass is 32.2. The van der Waals surface area contributed by atoms with Crippen LogP contribution in [0, 0.1) is 6.92 Å². The molecule has 162 valence electrons. The molecule has 0 radical (unpaired) electrons. The first-order valence-corrected chi connectivity index (χ1v) is 11.1. The van der Waals surface area contributed by atoms with Crippen LogP contribution in [-0.2, 0) is 25.5 Å². The van der Waals surface area contributed by atoms with Crippen LogP contribution >= 0.6 is 11.8 Å². The number of hydrogen-bond acceptors (Lipinski definition) is 6. The van der Waals surface area contributed by atoms with Crippen LogP contribution < -0.4 is 10.6 Å². The number of aryl methyl sites for hydroxylation is 1. The summed E-state index contributed by atoms with van der Waals surface area (Å²) in [6.45, 7) is 1.43.